The minimum absolute atomic E-state index is 0.163. The van der Waals surface area contributed by atoms with Gasteiger partial charge in [-0.15, -0.1) is 0 Å². The van der Waals surface area contributed by atoms with Gasteiger partial charge in [-0.2, -0.15) is 0 Å². The Morgan fingerprint density at radius 3 is 1.88 bits per heavy atom. The molecule has 6 nitrogen and oxygen atoms in total. The molecule has 232 valence electrons. The number of amides is 1. The quantitative estimate of drug-likeness (QED) is 0.121. The van der Waals surface area contributed by atoms with Crippen molar-refractivity contribution in [1.82, 2.24) is 14.9 Å². The van der Waals surface area contributed by atoms with Crippen LogP contribution in [-0.2, 0) is 6.54 Å². The van der Waals surface area contributed by atoms with E-state index in [1.165, 1.54) is 96.3 Å². The number of nitrogens with zero attached hydrogens (tertiary/aromatic N) is 2. The summed E-state index contributed by atoms with van der Waals surface area (Å²) in [6.07, 6.45) is 21.8. The Labute approximate surface area is 254 Å². The Morgan fingerprint density at radius 2 is 1.31 bits per heavy atom. The van der Waals surface area contributed by atoms with Crippen LogP contribution in [0.5, 0.6) is 11.5 Å². The highest BCUT2D eigenvalue weighted by molar-refractivity contribution is 5.95. The van der Waals surface area contributed by atoms with Crippen molar-refractivity contribution in [2.24, 2.45) is 0 Å². The lowest BCUT2D eigenvalue weighted by atomic mass is 10.0. The number of para-hydroxylation sites is 2. The fourth-order valence-electron chi connectivity index (χ4n) is 5.80. The van der Waals surface area contributed by atoms with E-state index in [4.69, 9.17) is 14.5 Å². The van der Waals surface area contributed by atoms with Crippen LogP contribution in [0.1, 0.15) is 139 Å². The van der Waals surface area contributed by atoms with Crippen LogP contribution >= 0.6 is 0 Å². The molecule has 1 N–H and O–H groups in total. The molecule has 3 rings (SSSR count). The molecule has 0 saturated carbocycles. The Kier molecular flexibility index (Phi) is 15.3. The Hall–Kier alpha value is -3.02. The van der Waals surface area contributed by atoms with Crippen LogP contribution in [-0.4, -0.2) is 29.7 Å². The molecule has 0 bridgehead atoms. The maximum absolute atomic E-state index is 13.1. The molecule has 0 saturated heterocycles. The number of hydrogen-bond donors (Lipinski definition) is 1. The third-order valence-electron chi connectivity index (χ3n) is 8.30. The molecule has 2 aromatic carbocycles. The number of benzene rings is 2. The first-order chi connectivity index (χ1) is 20.6. The van der Waals surface area contributed by atoms with Gasteiger partial charge in [-0.25, -0.2) is 4.98 Å². The predicted octanol–water partition coefficient (Wildman–Crippen LogP) is 9.81. The van der Waals surface area contributed by atoms with Crippen molar-refractivity contribution in [1.29, 1.82) is 0 Å². The van der Waals surface area contributed by atoms with Gasteiger partial charge < -0.3 is 19.4 Å². The second kappa shape index (κ2) is 19.2. The molecule has 0 radical (unpaired) electrons. The van der Waals surface area contributed by atoms with Gasteiger partial charge in [-0.3, -0.25) is 4.79 Å². The average molecular weight is 578 g/mol. The van der Waals surface area contributed by atoms with Gasteiger partial charge in [0.05, 0.1) is 31.3 Å². The highest BCUT2D eigenvalue weighted by Gasteiger charge is 2.20. The average Bonchev–Trinajstić information content (AvgIpc) is 3.39. The number of carbonyl (C=O) groups excluding carboxylic acids is 1. The van der Waals surface area contributed by atoms with Crippen molar-refractivity contribution < 1.29 is 14.3 Å². The number of carbonyl (C=O) groups is 1. The number of imidazole rings is 1. The summed E-state index contributed by atoms with van der Waals surface area (Å²) in [4.78, 5) is 18.0. The van der Waals surface area contributed by atoms with Gasteiger partial charge in [-0.05, 0) is 43.7 Å². The van der Waals surface area contributed by atoms with Crippen molar-refractivity contribution in [2.75, 3.05) is 14.2 Å². The summed E-state index contributed by atoms with van der Waals surface area (Å²) in [6, 6.07) is 13.2. The summed E-state index contributed by atoms with van der Waals surface area (Å²) in [6.45, 7) is 5.20. The number of aromatic nitrogens is 2. The summed E-state index contributed by atoms with van der Waals surface area (Å²) in [5, 5.41) is 3.14. The number of aryl methyl sites for hydroxylation is 1. The fraction of sp³-hybridized carbons (Fsp3) is 0.611. The van der Waals surface area contributed by atoms with Crippen LogP contribution in [0.2, 0.25) is 0 Å². The van der Waals surface area contributed by atoms with Crippen LogP contribution in [0, 0.1) is 0 Å². The predicted molar refractivity (Wildman–Crippen MR) is 175 cm³/mol. The van der Waals surface area contributed by atoms with Gasteiger partial charge in [0.25, 0.3) is 5.91 Å². The maximum atomic E-state index is 13.1. The standard InChI is InChI=1S/C36H55N3O3/c1-5-6-7-8-9-10-11-12-13-14-15-16-17-18-19-22-27-39-32-24-21-20-23-31(32)38-35(39)29(2)37-36(40)30-25-26-33(41-3)34(28-30)42-4/h20-21,23-26,28-29H,5-19,22,27H2,1-4H3,(H,37,40). The largest absolute Gasteiger partial charge is 0.493 e. The molecule has 0 spiro atoms. The van der Waals surface area contributed by atoms with E-state index >= 15 is 0 Å². The molecular formula is C36H55N3O3. The summed E-state index contributed by atoms with van der Waals surface area (Å²) in [5.74, 6) is 1.87. The monoisotopic (exact) mass is 577 g/mol. The van der Waals surface area contributed by atoms with Crippen LogP contribution in [0.4, 0.5) is 0 Å². The molecule has 1 atom stereocenters. The molecular weight excluding hydrogens is 522 g/mol. The number of fused-ring (bicyclic) bond motifs is 1. The number of rotatable bonds is 22. The third-order valence-corrected chi connectivity index (χ3v) is 8.30. The topological polar surface area (TPSA) is 65.4 Å². The van der Waals surface area contributed by atoms with Crippen LogP contribution in [0.25, 0.3) is 11.0 Å². The number of methoxy groups -OCH3 is 2. The van der Waals surface area contributed by atoms with E-state index in [9.17, 15) is 4.79 Å². The Morgan fingerprint density at radius 1 is 0.762 bits per heavy atom. The minimum Gasteiger partial charge on any atom is -0.493 e. The normalized spacial score (nSPS) is 12.0. The zero-order valence-corrected chi connectivity index (χ0v) is 26.8. The van der Waals surface area contributed by atoms with E-state index in [0.717, 1.165) is 29.8 Å². The van der Waals surface area contributed by atoms with Gasteiger partial charge in [0, 0.05) is 12.1 Å². The molecule has 6 heteroatoms. The molecule has 1 aromatic heterocycles. The molecule has 3 aromatic rings. The van der Waals surface area contributed by atoms with Crippen molar-refractivity contribution in [3.05, 3.63) is 53.9 Å². The molecule has 42 heavy (non-hydrogen) atoms. The molecule has 1 amide bonds. The van der Waals surface area contributed by atoms with Crippen molar-refractivity contribution in [2.45, 2.75) is 129 Å². The maximum Gasteiger partial charge on any atom is 0.251 e. The van der Waals surface area contributed by atoms with Crippen LogP contribution in [0.15, 0.2) is 42.5 Å². The summed E-state index contributed by atoms with van der Waals surface area (Å²) in [7, 11) is 3.16. The van der Waals surface area contributed by atoms with Crippen molar-refractivity contribution in [3.63, 3.8) is 0 Å². The van der Waals surface area contributed by atoms with Gasteiger partial charge in [0.1, 0.15) is 5.82 Å². The Bertz CT molecular complexity index is 1190. The van der Waals surface area contributed by atoms with Crippen molar-refractivity contribution >= 4 is 16.9 Å². The zero-order valence-electron chi connectivity index (χ0n) is 26.8. The number of hydrogen-bond acceptors (Lipinski definition) is 4. The van der Waals surface area contributed by atoms with Crippen LogP contribution < -0.4 is 14.8 Å². The van der Waals surface area contributed by atoms with Crippen molar-refractivity contribution in [3.8, 4) is 11.5 Å². The van der Waals surface area contributed by atoms with E-state index in [0.29, 0.717) is 17.1 Å². The summed E-state index contributed by atoms with van der Waals surface area (Å²) < 4.78 is 13.0. The first-order valence-corrected chi connectivity index (χ1v) is 16.6. The van der Waals surface area contributed by atoms with E-state index in [2.05, 4.69) is 28.9 Å². The highest BCUT2D eigenvalue weighted by Crippen LogP contribution is 2.28. The van der Waals surface area contributed by atoms with Gasteiger partial charge in [0.15, 0.2) is 11.5 Å². The summed E-state index contributed by atoms with van der Waals surface area (Å²) in [5.41, 5.74) is 2.62. The molecule has 1 unspecified atom stereocenters. The van der Waals surface area contributed by atoms with E-state index in [-0.39, 0.29) is 11.9 Å². The molecule has 0 aliphatic heterocycles. The zero-order chi connectivity index (χ0) is 30.0. The second-order valence-corrected chi connectivity index (χ2v) is 11.7. The first-order valence-electron chi connectivity index (χ1n) is 16.6. The number of unbranched alkanes of at least 4 members (excludes halogenated alkanes) is 15. The van der Waals surface area contributed by atoms with E-state index < -0.39 is 0 Å². The second-order valence-electron chi connectivity index (χ2n) is 11.7. The van der Waals surface area contributed by atoms with Gasteiger partial charge in [-0.1, -0.05) is 115 Å². The smallest absolute Gasteiger partial charge is 0.251 e. The molecule has 0 aliphatic rings. The third kappa shape index (κ3) is 10.7. The summed E-state index contributed by atoms with van der Waals surface area (Å²) >= 11 is 0. The lowest BCUT2D eigenvalue weighted by Gasteiger charge is -2.17. The molecule has 0 fully saturated rings. The molecule has 0 aliphatic carbocycles. The highest BCUT2D eigenvalue weighted by atomic mass is 16.5. The van der Waals surface area contributed by atoms with E-state index in [1.807, 2.05) is 19.1 Å². The molecule has 1 heterocycles. The van der Waals surface area contributed by atoms with Crippen LogP contribution in [0.3, 0.4) is 0 Å². The lowest BCUT2D eigenvalue weighted by molar-refractivity contribution is 0.0937. The van der Waals surface area contributed by atoms with Gasteiger partial charge >= 0.3 is 0 Å². The fourth-order valence-corrected chi connectivity index (χ4v) is 5.80. The van der Waals surface area contributed by atoms with Gasteiger partial charge in [0.2, 0.25) is 0 Å². The van der Waals surface area contributed by atoms with E-state index in [1.54, 1.807) is 32.4 Å². The first kappa shape index (κ1) is 33.5. The SMILES string of the molecule is CCCCCCCCCCCCCCCCCCn1c(C(C)NC(=O)c2ccc(OC)c(OC)c2)nc2ccccc21. The Balaban J connectivity index is 1.39. The number of ether oxygens (including phenoxy) is 2. The minimum atomic E-state index is -0.237. The number of nitrogens with one attached hydrogen (secondary N) is 1. The lowest BCUT2D eigenvalue weighted by Crippen LogP contribution is -2.28.